The Morgan fingerprint density at radius 1 is 1.05 bits per heavy atom. The van der Waals surface area contributed by atoms with Gasteiger partial charge in [0.1, 0.15) is 5.75 Å². The summed E-state index contributed by atoms with van der Waals surface area (Å²) in [5, 5.41) is 0. The van der Waals surface area contributed by atoms with Crippen LogP contribution in [0.5, 0.6) is 5.75 Å². The average Bonchev–Trinajstić information content (AvgIpc) is 2.99. The van der Waals surface area contributed by atoms with Crippen molar-refractivity contribution in [1.82, 2.24) is 0 Å². The largest absolute Gasteiger partial charge is 0.493 e. The summed E-state index contributed by atoms with van der Waals surface area (Å²) < 4.78 is 5.79. The van der Waals surface area contributed by atoms with Gasteiger partial charge in [-0.2, -0.15) is 0 Å². The fourth-order valence-corrected chi connectivity index (χ4v) is 3.51. The molecule has 2 nitrogen and oxygen atoms in total. The molecule has 3 rings (SSSR count). The number of hydrogen-bond donors (Lipinski definition) is 1. The minimum Gasteiger partial charge on any atom is -0.493 e. The zero-order valence-electron chi connectivity index (χ0n) is 12.2. The van der Waals surface area contributed by atoms with Crippen LogP contribution >= 0.6 is 11.8 Å². The fraction of sp³-hybridized carbons (Fsp3) is 0.333. The maximum atomic E-state index is 5.79. The maximum Gasteiger partial charge on any atom is 0.119 e. The molecule has 0 atom stereocenters. The highest BCUT2D eigenvalue weighted by molar-refractivity contribution is 7.99. The third-order valence-corrected chi connectivity index (χ3v) is 4.78. The Hall–Kier alpha value is -1.45. The van der Waals surface area contributed by atoms with E-state index in [1.807, 2.05) is 36.0 Å². The average molecular weight is 299 g/mol. The van der Waals surface area contributed by atoms with Crippen molar-refractivity contribution in [2.24, 2.45) is 5.73 Å². The number of hydrogen-bond acceptors (Lipinski definition) is 3. The van der Waals surface area contributed by atoms with E-state index in [0.717, 1.165) is 23.7 Å². The Bertz CT molecular complexity index is 612. The van der Waals surface area contributed by atoms with E-state index in [-0.39, 0.29) is 0 Å². The molecule has 0 aliphatic heterocycles. The summed E-state index contributed by atoms with van der Waals surface area (Å²) in [6.07, 6.45) is 3.80. The number of benzene rings is 2. The molecule has 2 aromatic carbocycles. The van der Waals surface area contributed by atoms with Gasteiger partial charge in [0.25, 0.3) is 0 Å². The molecular formula is C18H21NOS. The molecule has 0 amide bonds. The van der Waals surface area contributed by atoms with Crippen LogP contribution in [-0.4, -0.2) is 12.4 Å². The zero-order chi connectivity index (χ0) is 14.5. The van der Waals surface area contributed by atoms with Crippen LogP contribution in [0.2, 0.25) is 0 Å². The molecule has 0 heterocycles. The summed E-state index contributed by atoms with van der Waals surface area (Å²) >= 11 is 1.87. The van der Waals surface area contributed by atoms with Gasteiger partial charge in [-0.25, -0.2) is 0 Å². The molecule has 110 valence electrons. The first-order chi connectivity index (χ1) is 10.3. The summed E-state index contributed by atoms with van der Waals surface area (Å²) in [4.78, 5) is 1.36. The topological polar surface area (TPSA) is 35.2 Å². The molecule has 21 heavy (non-hydrogen) atoms. The van der Waals surface area contributed by atoms with Crippen molar-refractivity contribution in [3.05, 3.63) is 59.2 Å². The van der Waals surface area contributed by atoms with Crippen LogP contribution in [0.15, 0.2) is 47.4 Å². The highest BCUT2D eigenvalue weighted by atomic mass is 32.2. The van der Waals surface area contributed by atoms with Crippen molar-refractivity contribution >= 4 is 11.8 Å². The van der Waals surface area contributed by atoms with E-state index in [1.165, 1.54) is 35.3 Å². The van der Waals surface area contributed by atoms with E-state index in [0.29, 0.717) is 6.54 Å². The van der Waals surface area contributed by atoms with Crippen molar-refractivity contribution < 1.29 is 4.74 Å². The highest BCUT2D eigenvalue weighted by Crippen LogP contribution is 2.27. The van der Waals surface area contributed by atoms with Crippen LogP contribution < -0.4 is 10.5 Å². The van der Waals surface area contributed by atoms with Gasteiger partial charge < -0.3 is 10.5 Å². The van der Waals surface area contributed by atoms with Crippen LogP contribution in [0, 0.1) is 0 Å². The molecule has 0 saturated carbocycles. The minimum atomic E-state index is 0.557. The zero-order valence-corrected chi connectivity index (χ0v) is 13.0. The van der Waals surface area contributed by atoms with Gasteiger partial charge in [0.15, 0.2) is 0 Å². The van der Waals surface area contributed by atoms with E-state index < -0.39 is 0 Å². The number of fused-ring (bicyclic) bond motifs is 1. The second-order valence-corrected chi connectivity index (χ2v) is 6.50. The Kier molecular flexibility index (Phi) is 4.84. The summed E-state index contributed by atoms with van der Waals surface area (Å²) in [6, 6.07) is 14.9. The highest BCUT2D eigenvalue weighted by Gasteiger charge is 2.10. The summed E-state index contributed by atoms with van der Waals surface area (Å²) in [5.41, 5.74) is 9.82. The van der Waals surface area contributed by atoms with Crippen molar-refractivity contribution in [3.8, 4) is 5.75 Å². The predicted octanol–water partition coefficient (Wildman–Crippen LogP) is 3.81. The molecule has 2 aromatic rings. The van der Waals surface area contributed by atoms with Crippen molar-refractivity contribution in [1.29, 1.82) is 0 Å². The number of rotatable bonds is 6. The third-order valence-electron chi connectivity index (χ3n) is 3.82. The van der Waals surface area contributed by atoms with Crippen molar-refractivity contribution in [2.45, 2.75) is 30.7 Å². The summed E-state index contributed by atoms with van der Waals surface area (Å²) in [6.45, 7) is 1.27. The molecule has 3 heteroatoms. The lowest BCUT2D eigenvalue weighted by atomic mass is 10.1. The molecule has 0 fully saturated rings. The maximum absolute atomic E-state index is 5.79. The van der Waals surface area contributed by atoms with Gasteiger partial charge in [0.05, 0.1) is 6.61 Å². The number of ether oxygens (including phenoxy) is 1. The first-order valence-corrected chi connectivity index (χ1v) is 8.50. The van der Waals surface area contributed by atoms with Crippen LogP contribution in [0.25, 0.3) is 0 Å². The smallest absolute Gasteiger partial charge is 0.119 e. The molecule has 0 saturated heterocycles. The van der Waals surface area contributed by atoms with Crippen LogP contribution in [0.1, 0.15) is 23.1 Å². The lowest BCUT2D eigenvalue weighted by Gasteiger charge is -2.08. The van der Waals surface area contributed by atoms with Gasteiger partial charge >= 0.3 is 0 Å². The Morgan fingerprint density at radius 3 is 2.86 bits per heavy atom. The van der Waals surface area contributed by atoms with Crippen LogP contribution in [0.3, 0.4) is 0 Å². The van der Waals surface area contributed by atoms with E-state index in [4.69, 9.17) is 10.5 Å². The second-order valence-electron chi connectivity index (χ2n) is 5.33. The van der Waals surface area contributed by atoms with E-state index in [9.17, 15) is 0 Å². The Labute approximate surface area is 130 Å². The lowest BCUT2D eigenvalue weighted by molar-refractivity contribution is 0.343. The van der Waals surface area contributed by atoms with Crippen LogP contribution in [-0.2, 0) is 19.4 Å². The first-order valence-electron chi connectivity index (χ1n) is 7.51. The van der Waals surface area contributed by atoms with Gasteiger partial charge in [-0.05, 0) is 60.2 Å². The molecule has 2 N–H and O–H groups in total. The molecule has 0 spiro atoms. The molecule has 0 radical (unpaired) electrons. The SMILES string of the molecule is NCc1cccc(OCCSc2ccc3c(c2)CCC3)c1. The second kappa shape index (κ2) is 7.01. The molecule has 0 bridgehead atoms. The summed E-state index contributed by atoms with van der Waals surface area (Å²) in [5.74, 6) is 1.87. The molecule has 0 aromatic heterocycles. The van der Waals surface area contributed by atoms with E-state index >= 15 is 0 Å². The molecule has 1 aliphatic rings. The standard InChI is InChI=1S/C18H21NOS/c19-13-14-3-1-6-17(11-14)20-9-10-21-18-8-7-15-4-2-5-16(15)12-18/h1,3,6-8,11-12H,2,4-5,9-10,13,19H2. The predicted molar refractivity (Wildman–Crippen MR) is 89.0 cm³/mol. The third kappa shape index (κ3) is 3.80. The molecular weight excluding hydrogens is 278 g/mol. The van der Waals surface area contributed by atoms with E-state index in [1.54, 1.807) is 0 Å². The van der Waals surface area contributed by atoms with Crippen molar-refractivity contribution in [3.63, 3.8) is 0 Å². The Morgan fingerprint density at radius 2 is 1.95 bits per heavy atom. The van der Waals surface area contributed by atoms with Gasteiger partial charge in [0, 0.05) is 17.2 Å². The number of thioether (sulfide) groups is 1. The van der Waals surface area contributed by atoms with Crippen LogP contribution in [0.4, 0.5) is 0 Å². The lowest BCUT2D eigenvalue weighted by Crippen LogP contribution is -2.02. The van der Waals surface area contributed by atoms with Gasteiger partial charge in [-0.3, -0.25) is 0 Å². The van der Waals surface area contributed by atoms with Gasteiger partial charge in [-0.15, -0.1) is 11.8 Å². The summed E-state index contributed by atoms with van der Waals surface area (Å²) in [7, 11) is 0. The molecule has 1 aliphatic carbocycles. The Balaban J connectivity index is 1.47. The van der Waals surface area contributed by atoms with Gasteiger partial charge in [-0.1, -0.05) is 18.2 Å². The van der Waals surface area contributed by atoms with Gasteiger partial charge in [0.2, 0.25) is 0 Å². The minimum absolute atomic E-state index is 0.557. The monoisotopic (exact) mass is 299 g/mol. The number of aryl methyl sites for hydroxylation is 2. The number of nitrogens with two attached hydrogens (primary N) is 1. The quantitative estimate of drug-likeness (QED) is 0.651. The normalized spacial score (nSPS) is 13.2. The first kappa shape index (κ1) is 14.5. The molecule has 0 unspecified atom stereocenters. The van der Waals surface area contributed by atoms with E-state index in [2.05, 4.69) is 18.2 Å². The van der Waals surface area contributed by atoms with Crippen molar-refractivity contribution in [2.75, 3.05) is 12.4 Å². The fourth-order valence-electron chi connectivity index (χ4n) is 2.72.